The summed E-state index contributed by atoms with van der Waals surface area (Å²) in [5, 5.41) is 11.2. The molecule has 0 spiro atoms. The molecule has 0 saturated carbocycles. The number of fused-ring (bicyclic) bond motifs is 1. The first kappa shape index (κ1) is 16.9. The first-order chi connectivity index (χ1) is 13.1. The van der Waals surface area contributed by atoms with Crippen molar-refractivity contribution in [2.24, 2.45) is 0 Å². The van der Waals surface area contributed by atoms with Gasteiger partial charge in [-0.15, -0.1) is 0 Å². The van der Waals surface area contributed by atoms with Crippen molar-refractivity contribution in [1.29, 1.82) is 0 Å². The Morgan fingerprint density at radius 2 is 1.89 bits per heavy atom. The molecule has 0 fully saturated rings. The monoisotopic (exact) mass is 369 g/mol. The molecular weight excluding hydrogens is 356 g/mol. The predicted molar refractivity (Wildman–Crippen MR) is 91.4 cm³/mol. The molecule has 0 radical (unpaired) electrons. The van der Waals surface area contributed by atoms with Crippen LogP contribution < -0.4 is 5.32 Å². The average molecular weight is 369 g/mol. The van der Waals surface area contributed by atoms with Crippen molar-refractivity contribution in [3.8, 4) is 11.3 Å². The Bertz CT molecular complexity index is 1120. The molecule has 1 N–H and O–H groups in total. The summed E-state index contributed by atoms with van der Waals surface area (Å²) in [5.74, 6) is -1.55. The van der Waals surface area contributed by atoms with Gasteiger partial charge < -0.3 is 14.4 Å². The second-order valence-electron chi connectivity index (χ2n) is 5.89. The van der Waals surface area contributed by atoms with Crippen molar-refractivity contribution in [1.82, 2.24) is 15.6 Å². The molecule has 0 atom stereocenters. The van der Waals surface area contributed by atoms with Crippen LogP contribution in [0.25, 0.3) is 22.3 Å². The Morgan fingerprint density at radius 3 is 2.74 bits per heavy atom. The third-order valence-electron chi connectivity index (χ3n) is 4.00. The van der Waals surface area contributed by atoms with Crippen LogP contribution in [0.5, 0.6) is 0 Å². The van der Waals surface area contributed by atoms with Gasteiger partial charge >= 0.3 is 0 Å². The zero-order chi connectivity index (χ0) is 18.8. The summed E-state index contributed by atoms with van der Waals surface area (Å²) in [4.78, 5) is 12.1. The molecule has 4 aromatic rings. The number of nitrogens with one attached hydrogen (secondary N) is 1. The number of amides is 1. The summed E-state index contributed by atoms with van der Waals surface area (Å²) >= 11 is 0. The maximum absolute atomic E-state index is 13.8. The fraction of sp³-hybridized carbons (Fsp3) is 0.105. The van der Waals surface area contributed by atoms with E-state index in [9.17, 15) is 13.6 Å². The number of rotatable bonds is 5. The third kappa shape index (κ3) is 3.55. The van der Waals surface area contributed by atoms with Gasteiger partial charge in [0, 0.05) is 17.5 Å². The summed E-state index contributed by atoms with van der Waals surface area (Å²) in [7, 11) is 0. The van der Waals surface area contributed by atoms with Gasteiger partial charge in [0.15, 0.2) is 11.3 Å². The molecule has 6 nitrogen and oxygen atoms in total. The van der Waals surface area contributed by atoms with Crippen LogP contribution in [0.3, 0.4) is 0 Å². The highest BCUT2D eigenvalue weighted by molar-refractivity contribution is 5.86. The lowest BCUT2D eigenvalue weighted by molar-refractivity contribution is -0.120. The lowest BCUT2D eigenvalue weighted by Crippen LogP contribution is -2.24. The van der Waals surface area contributed by atoms with Crippen molar-refractivity contribution < 1.29 is 22.6 Å². The van der Waals surface area contributed by atoms with Crippen molar-refractivity contribution in [3.05, 3.63) is 71.6 Å². The van der Waals surface area contributed by atoms with Crippen molar-refractivity contribution in [2.45, 2.75) is 13.0 Å². The van der Waals surface area contributed by atoms with E-state index in [1.54, 1.807) is 6.07 Å². The van der Waals surface area contributed by atoms with Crippen molar-refractivity contribution >= 4 is 16.9 Å². The van der Waals surface area contributed by atoms with Crippen LogP contribution in [-0.4, -0.2) is 16.2 Å². The van der Waals surface area contributed by atoms with Gasteiger partial charge in [0.05, 0.1) is 18.5 Å². The molecule has 0 bridgehead atoms. The Hall–Kier alpha value is -3.55. The van der Waals surface area contributed by atoms with E-state index in [0.717, 1.165) is 17.5 Å². The van der Waals surface area contributed by atoms with Gasteiger partial charge in [-0.1, -0.05) is 22.4 Å². The SMILES string of the molecule is O=C(Cc1noc2ccccc12)NCc1cc(-c2ccc(F)cc2F)on1. The van der Waals surface area contributed by atoms with Crippen molar-refractivity contribution in [3.63, 3.8) is 0 Å². The summed E-state index contributed by atoms with van der Waals surface area (Å²) in [6.07, 6.45) is 0.0499. The molecular formula is C19H13F2N3O3. The van der Waals surface area contributed by atoms with E-state index in [1.807, 2.05) is 18.2 Å². The second-order valence-corrected chi connectivity index (χ2v) is 5.89. The van der Waals surface area contributed by atoms with Crippen LogP contribution in [0.4, 0.5) is 8.78 Å². The highest BCUT2D eigenvalue weighted by atomic mass is 19.1. The molecule has 136 valence electrons. The van der Waals surface area contributed by atoms with Gasteiger partial charge in [-0.2, -0.15) is 0 Å². The van der Waals surface area contributed by atoms with E-state index in [2.05, 4.69) is 15.6 Å². The maximum atomic E-state index is 13.8. The van der Waals surface area contributed by atoms with Gasteiger partial charge in [0.1, 0.15) is 23.0 Å². The zero-order valence-corrected chi connectivity index (χ0v) is 13.9. The highest BCUT2D eigenvalue weighted by Gasteiger charge is 2.15. The molecule has 0 unspecified atom stereocenters. The van der Waals surface area contributed by atoms with Gasteiger partial charge in [0.2, 0.25) is 5.91 Å². The smallest absolute Gasteiger partial charge is 0.226 e. The van der Waals surface area contributed by atoms with Crippen LogP contribution in [0, 0.1) is 11.6 Å². The van der Waals surface area contributed by atoms with Gasteiger partial charge in [-0.3, -0.25) is 4.79 Å². The summed E-state index contributed by atoms with van der Waals surface area (Å²) in [6.45, 7) is 0.0981. The number of carbonyl (C=O) groups is 1. The molecule has 4 rings (SSSR count). The lowest BCUT2D eigenvalue weighted by Gasteiger charge is -2.00. The van der Waals surface area contributed by atoms with Crippen LogP contribution >= 0.6 is 0 Å². The van der Waals surface area contributed by atoms with E-state index in [-0.39, 0.29) is 30.2 Å². The topological polar surface area (TPSA) is 81.2 Å². The fourth-order valence-electron chi connectivity index (χ4n) is 2.68. The first-order valence-corrected chi connectivity index (χ1v) is 8.11. The minimum atomic E-state index is -0.750. The molecule has 2 aromatic carbocycles. The number of benzene rings is 2. The number of carbonyl (C=O) groups excluding carboxylic acids is 1. The first-order valence-electron chi connectivity index (χ1n) is 8.11. The van der Waals surface area contributed by atoms with Crippen molar-refractivity contribution in [2.75, 3.05) is 0 Å². The van der Waals surface area contributed by atoms with E-state index >= 15 is 0 Å². The average Bonchev–Trinajstić information content (AvgIpc) is 3.28. The van der Waals surface area contributed by atoms with Gasteiger partial charge in [0.25, 0.3) is 0 Å². The minimum absolute atomic E-state index is 0.0499. The second kappa shape index (κ2) is 6.99. The number of halogens is 2. The lowest BCUT2D eigenvalue weighted by atomic mass is 10.1. The van der Waals surface area contributed by atoms with Gasteiger partial charge in [-0.25, -0.2) is 8.78 Å². The van der Waals surface area contributed by atoms with E-state index in [4.69, 9.17) is 9.05 Å². The summed E-state index contributed by atoms with van der Waals surface area (Å²) in [5.41, 5.74) is 1.66. The van der Waals surface area contributed by atoms with E-state index in [0.29, 0.717) is 17.0 Å². The molecule has 0 aliphatic carbocycles. The Kier molecular flexibility index (Phi) is 4.37. The van der Waals surface area contributed by atoms with Crippen LogP contribution in [-0.2, 0) is 17.8 Å². The molecule has 2 aromatic heterocycles. The zero-order valence-electron chi connectivity index (χ0n) is 13.9. The predicted octanol–water partition coefficient (Wildman–Crippen LogP) is 3.62. The van der Waals surface area contributed by atoms with Crippen LogP contribution in [0.1, 0.15) is 11.4 Å². The number of nitrogens with zero attached hydrogens (tertiary/aromatic N) is 2. The third-order valence-corrected chi connectivity index (χ3v) is 4.00. The number of para-hydroxylation sites is 1. The van der Waals surface area contributed by atoms with E-state index in [1.165, 1.54) is 12.1 Å². The Labute approximate surface area is 151 Å². The molecule has 27 heavy (non-hydrogen) atoms. The highest BCUT2D eigenvalue weighted by Crippen LogP contribution is 2.24. The van der Waals surface area contributed by atoms with Gasteiger partial charge in [-0.05, 0) is 24.3 Å². The molecule has 0 aliphatic rings. The molecule has 1 amide bonds. The molecule has 0 aliphatic heterocycles. The number of aromatic nitrogens is 2. The molecule has 8 heteroatoms. The maximum Gasteiger partial charge on any atom is 0.226 e. The summed E-state index contributed by atoms with van der Waals surface area (Å²) < 4.78 is 37.0. The molecule has 2 heterocycles. The normalized spacial score (nSPS) is 11.0. The van der Waals surface area contributed by atoms with Crippen LogP contribution in [0.2, 0.25) is 0 Å². The Balaban J connectivity index is 1.40. The largest absolute Gasteiger partial charge is 0.356 e. The number of hydrogen-bond donors (Lipinski definition) is 1. The van der Waals surface area contributed by atoms with E-state index < -0.39 is 11.6 Å². The van der Waals surface area contributed by atoms with Crippen LogP contribution in [0.15, 0.2) is 57.6 Å². The standard InChI is InChI=1S/C19H13F2N3O3/c20-11-5-6-13(15(21)7-11)18-8-12(23-27-18)10-22-19(25)9-16-14-3-1-2-4-17(14)26-24-16/h1-8H,9-10H2,(H,22,25). The fourth-order valence-corrected chi connectivity index (χ4v) is 2.68. The summed E-state index contributed by atoms with van der Waals surface area (Å²) in [6, 6.07) is 11.9. The quantitative estimate of drug-likeness (QED) is 0.581. The molecule has 0 saturated heterocycles. The minimum Gasteiger partial charge on any atom is -0.356 e. The Morgan fingerprint density at radius 1 is 1.04 bits per heavy atom. The number of hydrogen-bond acceptors (Lipinski definition) is 5.